The third-order valence-corrected chi connectivity index (χ3v) is 1.95. The molecule has 0 spiro atoms. The van der Waals surface area contributed by atoms with Crippen molar-refractivity contribution in [3.8, 4) is 0 Å². The van der Waals surface area contributed by atoms with E-state index in [2.05, 4.69) is 4.74 Å². The number of carbonyl (C=O) groups is 2. The van der Waals surface area contributed by atoms with E-state index >= 15 is 0 Å². The second-order valence-electron chi connectivity index (χ2n) is 1.76. The van der Waals surface area contributed by atoms with Gasteiger partial charge in [-0.15, -0.1) is 11.8 Å². The summed E-state index contributed by atoms with van der Waals surface area (Å²) in [5, 5.41) is 1.54. The lowest BCUT2D eigenvalue weighted by Gasteiger charge is -1.94. The van der Waals surface area contributed by atoms with Gasteiger partial charge in [0.25, 0.3) is 0 Å². The van der Waals surface area contributed by atoms with Crippen molar-refractivity contribution in [2.45, 2.75) is 0 Å². The van der Waals surface area contributed by atoms with Gasteiger partial charge in [0.2, 0.25) is 0 Å². The molecule has 0 amide bonds. The molecule has 0 saturated carbocycles. The highest BCUT2D eigenvalue weighted by molar-refractivity contribution is 8.03. The third-order valence-electron chi connectivity index (χ3n) is 1.12. The van der Waals surface area contributed by atoms with Crippen molar-refractivity contribution >= 4 is 23.5 Å². The normalized spacial score (nSPS) is 12.1. The van der Waals surface area contributed by atoms with Crippen LogP contribution in [0.1, 0.15) is 0 Å². The fraction of sp³-hybridized carbons (Fsp3) is 0.333. The topological polar surface area (TPSA) is 169 Å². The van der Waals surface area contributed by atoms with Crippen LogP contribution in [0.4, 0.5) is 0 Å². The summed E-state index contributed by atoms with van der Waals surface area (Å²) in [5.41, 5.74) is 0.174. The maximum absolute atomic E-state index is 10.8. The van der Waals surface area contributed by atoms with Gasteiger partial charge in [0.15, 0.2) is 5.78 Å². The predicted molar refractivity (Wildman–Crippen MR) is 52.0 cm³/mol. The quantitative estimate of drug-likeness (QED) is 0.346. The number of hydrogen-bond donors (Lipinski definition) is 0. The summed E-state index contributed by atoms with van der Waals surface area (Å²) >= 11 is 1.32. The number of ketones is 1. The number of thioether (sulfide) groups is 1. The molecule has 0 aliphatic carbocycles. The van der Waals surface area contributed by atoms with Gasteiger partial charge in [0.1, 0.15) is 5.57 Å². The summed E-state index contributed by atoms with van der Waals surface area (Å²) in [5.74, 6) is -0.309. The molecule has 86 valence electrons. The lowest BCUT2D eigenvalue weighted by molar-refractivity contribution is -0.137. The Morgan fingerprint density at radius 1 is 1.36 bits per heavy atom. The molecule has 0 aromatic rings. The number of ether oxygens (including phenoxy) is 1. The number of methoxy groups -OCH3 is 1. The van der Waals surface area contributed by atoms with Crippen LogP contribution in [0.5, 0.6) is 0 Å². The molecule has 8 N–H and O–H groups in total. The molecule has 0 bridgehead atoms. The van der Waals surface area contributed by atoms with E-state index in [0.717, 1.165) is 0 Å². The molecule has 0 aromatic carbocycles. The Bertz CT molecular complexity index is 212. The average molecular weight is 230 g/mol. The van der Waals surface area contributed by atoms with E-state index < -0.39 is 5.97 Å². The summed E-state index contributed by atoms with van der Waals surface area (Å²) in [4.78, 5) is 21.5. The van der Waals surface area contributed by atoms with Crippen molar-refractivity contribution in [3.05, 3.63) is 11.0 Å². The zero-order chi connectivity index (χ0) is 7.56. The molecule has 0 radical (unpaired) electrons. The first kappa shape index (κ1) is 23.1. The lowest BCUT2D eigenvalue weighted by atomic mass is 10.2. The molecule has 7 nitrogen and oxygen atoms in total. The number of esters is 1. The molecule has 0 aromatic heterocycles. The van der Waals surface area contributed by atoms with Crippen LogP contribution in [0.25, 0.3) is 0 Å². The highest BCUT2D eigenvalue weighted by Crippen LogP contribution is 2.18. The van der Waals surface area contributed by atoms with Crippen molar-refractivity contribution in [3.63, 3.8) is 0 Å². The summed E-state index contributed by atoms with van der Waals surface area (Å²) < 4.78 is 4.36. The van der Waals surface area contributed by atoms with Crippen LogP contribution in [0.15, 0.2) is 11.0 Å². The van der Waals surface area contributed by atoms with Crippen molar-refractivity contribution in [2.75, 3.05) is 12.9 Å². The minimum atomic E-state index is -0.532. The van der Waals surface area contributed by atoms with Gasteiger partial charge < -0.3 is 26.6 Å². The lowest BCUT2D eigenvalue weighted by Crippen LogP contribution is -2.11. The molecule has 8 heteroatoms. The van der Waals surface area contributed by atoms with Crippen LogP contribution < -0.4 is 0 Å². The van der Waals surface area contributed by atoms with Gasteiger partial charge in [-0.3, -0.25) is 4.79 Å². The molecule has 1 heterocycles. The zero-order valence-electron chi connectivity index (χ0n) is 7.42. The average Bonchev–Trinajstić information content (AvgIpc) is 2.34. The van der Waals surface area contributed by atoms with Gasteiger partial charge in [0, 0.05) is 0 Å². The minimum absolute atomic E-state index is 0. The maximum atomic E-state index is 10.8. The van der Waals surface area contributed by atoms with E-state index in [1.807, 2.05) is 0 Å². The van der Waals surface area contributed by atoms with Crippen LogP contribution in [0, 0.1) is 0 Å². The number of rotatable bonds is 1. The van der Waals surface area contributed by atoms with E-state index in [9.17, 15) is 9.59 Å². The monoisotopic (exact) mass is 230 g/mol. The highest BCUT2D eigenvalue weighted by atomic mass is 32.2. The van der Waals surface area contributed by atoms with E-state index in [0.29, 0.717) is 5.75 Å². The molecule has 1 aliphatic rings. The van der Waals surface area contributed by atoms with Crippen molar-refractivity contribution in [1.29, 1.82) is 0 Å². The molecule has 0 saturated heterocycles. The molecule has 1 aliphatic heterocycles. The van der Waals surface area contributed by atoms with Gasteiger partial charge in [-0.25, -0.2) is 4.79 Å². The fourth-order valence-corrected chi connectivity index (χ4v) is 1.40. The maximum Gasteiger partial charge on any atom is 0.342 e. The van der Waals surface area contributed by atoms with Crippen molar-refractivity contribution < 1.29 is 36.2 Å². The standard InChI is InChI=1S/C6H6O3S.4H2O/c1-9-6(8)4-2-10-3-5(4)7;;;;/h2H,3H2,1H3;4*1H2. The smallest absolute Gasteiger partial charge is 0.342 e. The van der Waals surface area contributed by atoms with Gasteiger partial charge in [-0.05, 0) is 5.41 Å². The van der Waals surface area contributed by atoms with E-state index in [-0.39, 0.29) is 33.3 Å². The Morgan fingerprint density at radius 2 is 1.86 bits per heavy atom. The van der Waals surface area contributed by atoms with E-state index in [1.54, 1.807) is 0 Å². The van der Waals surface area contributed by atoms with E-state index in [4.69, 9.17) is 0 Å². The highest BCUT2D eigenvalue weighted by Gasteiger charge is 2.22. The molecule has 0 unspecified atom stereocenters. The molecular formula is C6H14O7S. The summed E-state index contributed by atoms with van der Waals surface area (Å²) in [6.07, 6.45) is 0. The van der Waals surface area contributed by atoms with Gasteiger partial charge >= 0.3 is 5.97 Å². The largest absolute Gasteiger partial charge is 0.465 e. The number of carbonyl (C=O) groups excluding carboxylic acids is 2. The molecular weight excluding hydrogens is 216 g/mol. The molecule has 14 heavy (non-hydrogen) atoms. The minimum Gasteiger partial charge on any atom is -0.465 e. The third kappa shape index (κ3) is 4.94. The van der Waals surface area contributed by atoms with Crippen LogP contribution >= 0.6 is 11.8 Å². The predicted octanol–water partition coefficient (Wildman–Crippen LogP) is -2.94. The van der Waals surface area contributed by atoms with Crippen LogP contribution in [0.3, 0.4) is 0 Å². The fourth-order valence-electron chi connectivity index (χ4n) is 0.616. The molecule has 1 rings (SSSR count). The Balaban J connectivity index is -0.000000125. The SMILES string of the molecule is COC(=O)C1=CSCC1=O.O.O.O.O. The van der Waals surface area contributed by atoms with Crippen molar-refractivity contribution in [2.24, 2.45) is 0 Å². The first-order valence-electron chi connectivity index (χ1n) is 2.69. The van der Waals surface area contributed by atoms with Gasteiger partial charge in [-0.1, -0.05) is 0 Å². The Morgan fingerprint density at radius 3 is 2.14 bits per heavy atom. The first-order chi connectivity index (χ1) is 4.75. The molecule has 0 fully saturated rings. The first-order valence-corrected chi connectivity index (χ1v) is 3.74. The number of hydrogen-bond acceptors (Lipinski definition) is 4. The van der Waals surface area contributed by atoms with Crippen LogP contribution in [-0.2, 0) is 14.3 Å². The van der Waals surface area contributed by atoms with Crippen molar-refractivity contribution in [1.82, 2.24) is 0 Å². The number of Topliss-reactive ketones (excluding diaryl/α,β-unsaturated/α-hetero) is 1. The Hall–Kier alpha value is -0.930. The summed E-state index contributed by atoms with van der Waals surface area (Å²) in [6.45, 7) is 0. The summed E-state index contributed by atoms with van der Waals surface area (Å²) in [6, 6.07) is 0. The second-order valence-corrected chi connectivity index (χ2v) is 2.61. The van der Waals surface area contributed by atoms with Gasteiger partial charge in [-0.2, -0.15) is 0 Å². The van der Waals surface area contributed by atoms with Gasteiger partial charge in [0.05, 0.1) is 12.9 Å². The second kappa shape index (κ2) is 10.2. The Labute approximate surface area is 84.4 Å². The molecule has 0 atom stereocenters. The van der Waals surface area contributed by atoms with E-state index in [1.165, 1.54) is 24.3 Å². The van der Waals surface area contributed by atoms with Crippen LogP contribution in [0.2, 0.25) is 0 Å². The zero-order valence-corrected chi connectivity index (χ0v) is 8.23. The summed E-state index contributed by atoms with van der Waals surface area (Å²) in [7, 11) is 1.26. The van der Waals surface area contributed by atoms with Crippen LogP contribution in [-0.4, -0.2) is 46.5 Å². The Kier molecular flexibility index (Phi) is 16.8.